The Morgan fingerprint density at radius 3 is 2.52 bits per heavy atom. The van der Waals surface area contributed by atoms with Crippen LogP contribution >= 0.6 is 0 Å². The van der Waals surface area contributed by atoms with Gasteiger partial charge in [-0.2, -0.15) is 0 Å². The van der Waals surface area contributed by atoms with Gasteiger partial charge >= 0.3 is 0 Å². The Balaban J connectivity index is 1.95. The van der Waals surface area contributed by atoms with Gasteiger partial charge in [-0.3, -0.25) is 4.40 Å². The molecule has 0 saturated heterocycles. The topological polar surface area (TPSA) is 39.4 Å². The minimum Gasteiger partial charge on any atom is -0.477 e. The lowest BCUT2D eigenvalue weighted by Gasteiger charge is -2.14. The van der Waals surface area contributed by atoms with Crippen molar-refractivity contribution in [2.45, 2.75) is 13.0 Å². The van der Waals surface area contributed by atoms with Crippen molar-refractivity contribution in [1.29, 1.82) is 0 Å². The molecule has 7 heteroatoms. The van der Waals surface area contributed by atoms with E-state index in [2.05, 4.69) is 10.2 Å². The van der Waals surface area contributed by atoms with Crippen molar-refractivity contribution in [3.8, 4) is 5.75 Å². The van der Waals surface area contributed by atoms with Crippen molar-refractivity contribution < 1.29 is 17.9 Å². The second-order valence-corrected chi connectivity index (χ2v) is 4.45. The molecule has 0 unspecified atom stereocenters. The minimum absolute atomic E-state index is 0.383. The Hall–Kier alpha value is -2.57. The molecule has 21 heavy (non-hydrogen) atoms. The summed E-state index contributed by atoms with van der Waals surface area (Å²) in [5, 5.41) is 7.86. The molecule has 1 atom stereocenters. The Bertz CT molecular complexity index is 780. The Kier molecular flexibility index (Phi) is 3.25. The van der Waals surface area contributed by atoms with Crippen LogP contribution in [0.3, 0.4) is 0 Å². The van der Waals surface area contributed by atoms with Gasteiger partial charge in [0.2, 0.25) is 0 Å². The van der Waals surface area contributed by atoms with Gasteiger partial charge in [-0.1, -0.05) is 6.07 Å². The molecule has 0 amide bonds. The van der Waals surface area contributed by atoms with Crippen LogP contribution in [0.1, 0.15) is 18.9 Å². The van der Waals surface area contributed by atoms with Crippen LogP contribution in [0.25, 0.3) is 5.65 Å². The van der Waals surface area contributed by atoms with E-state index < -0.39 is 29.3 Å². The van der Waals surface area contributed by atoms with Gasteiger partial charge in [0, 0.05) is 18.3 Å². The average Bonchev–Trinajstić information content (AvgIpc) is 2.86. The van der Waals surface area contributed by atoms with Crippen LogP contribution in [0, 0.1) is 17.5 Å². The van der Waals surface area contributed by atoms with Crippen LogP contribution in [0.2, 0.25) is 0 Å². The van der Waals surface area contributed by atoms with E-state index in [0.717, 1.165) is 0 Å². The molecule has 2 aromatic heterocycles. The highest BCUT2D eigenvalue weighted by molar-refractivity contribution is 5.37. The molecule has 0 bridgehead atoms. The molecule has 0 aliphatic heterocycles. The van der Waals surface area contributed by atoms with Gasteiger partial charge in [0.1, 0.15) is 5.82 Å². The van der Waals surface area contributed by atoms with Gasteiger partial charge in [-0.25, -0.2) is 13.2 Å². The fraction of sp³-hybridized carbons (Fsp3) is 0.143. The van der Waals surface area contributed by atoms with Crippen molar-refractivity contribution >= 4 is 5.65 Å². The largest absolute Gasteiger partial charge is 0.477 e. The summed E-state index contributed by atoms with van der Waals surface area (Å²) in [6, 6.07) is 6.42. The maximum atomic E-state index is 13.6. The summed E-state index contributed by atoms with van der Waals surface area (Å²) in [5.41, 5.74) is 0.586. The molecular weight excluding hydrogens is 283 g/mol. The fourth-order valence-electron chi connectivity index (χ4n) is 2.01. The molecule has 0 aliphatic carbocycles. The van der Waals surface area contributed by atoms with Crippen molar-refractivity contribution in [2.24, 2.45) is 0 Å². The van der Waals surface area contributed by atoms with E-state index in [0.29, 0.717) is 23.6 Å². The van der Waals surface area contributed by atoms with Crippen molar-refractivity contribution in [3.63, 3.8) is 0 Å². The molecule has 0 radical (unpaired) electrons. The second kappa shape index (κ2) is 5.08. The van der Waals surface area contributed by atoms with Crippen LogP contribution in [0.5, 0.6) is 5.75 Å². The molecule has 4 nitrogen and oxygen atoms in total. The number of rotatable bonds is 3. The Labute approximate surface area is 117 Å². The minimum atomic E-state index is -1.10. The predicted molar refractivity (Wildman–Crippen MR) is 68.3 cm³/mol. The zero-order chi connectivity index (χ0) is 15.0. The molecule has 0 spiro atoms. The van der Waals surface area contributed by atoms with Crippen LogP contribution in [0.15, 0.2) is 36.5 Å². The molecule has 1 aromatic carbocycles. The second-order valence-electron chi connectivity index (χ2n) is 4.45. The molecule has 3 aromatic rings. The zero-order valence-electron chi connectivity index (χ0n) is 10.9. The number of aromatic nitrogens is 3. The molecule has 3 rings (SSSR count). The van der Waals surface area contributed by atoms with Gasteiger partial charge in [-0.15, -0.1) is 10.2 Å². The van der Waals surface area contributed by atoms with Crippen molar-refractivity contribution in [1.82, 2.24) is 14.6 Å². The first kappa shape index (κ1) is 13.4. The number of benzene rings is 1. The average molecular weight is 293 g/mol. The third-order valence-electron chi connectivity index (χ3n) is 2.96. The summed E-state index contributed by atoms with van der Waals surface area (Å²) in [5.74, 6) is -3.47. The molecule has 108 valence electrons. The number of nitrogens with zero attached hydrogens (tertiary/aromatic N) is 3. The number of ether oxygens (including phenoxy) is 1. The SMILES string of the molecule is C[C@H](Oc1c(F)cc(F)cc1F)c1nnc2ccccn12. The normalized spacial score (nSPS) is 12.6. The number of hydrogen-bond acceptors (Lipinski definition) is 3. The highest BCUT2D eigenvalue weighted by Gasteiger charge is 2.20. The van der Waals surface area contributed by atoms with Crippen LogP contribution in [-0.4, -0.2) is 14.6 Å². The lowest BCUT2D eigenvalue weighted by atomic mass is 10.3. The summed E-state index contributed by atoms with van der Waals surface area (Å²) >= 11 is 0. The van der Waals surface area contributed by atoms with E-state index >= 15 is 0 Å². The van der Waals surface area contributed by atoms with Crippen LogP contribution < -0.4 is 4.74 Å². The van der Waals surface area contributed by atoms with E-state index in [1.54, 1.807) is 35.7 Å². The first-order valence-electron chi connectivity index (χ1n) is 6.17. The molecular formula is C14H10F3N3O. The maximum absolute atomic E-state index is 13.6. The lowest BCUT2D eigenvalue weighted by molar-refractivity contribution is 0.194. The quantitative estimate of drug-likeness (QED) is 0.744. The highest BCUT2D eigenvalue weighted by atomic mass is 19.1. The fourth-order valence-corrected chi connectivity index (χ4v) is 2.01. The zero-order valence-corrected chi connectivity index (χ0v) is 10.9. The Morgan fingerprint density at radius 2 is 1.81 bits per heavy atom. The Morgan fingerprint density at radius 1 is 1.10 bits per heavy atom. The lowest BCUT2D eigenvalue weighted by Crippen LogP contribution is -2.10. The summed E-state index contributed by atoms with van der Waals surface area (Å²) in [7, 11) is 0. The highest BCUT2D eigenvalue weighted by Crippen LogP contribution is 2.27. The van der Waals surface area contributed by atoms with Crippen LogP contribution in [-0.2, 0) is 0 Å². The van der Waals surface area contributed by atoms with E-state index in [9.17, 15) is 13.2 Å². The van der Waals surface area contributed by atoms with Gasteiger partial charge in [-0.05, 0) is 19.1 Å². The molecule has 0 aliphatic rings. The molecule has 2 heterocycles. The third kappa shape index (κ3) is 2.42. The van der Waals surface area contributed by atoms with E-state index in [1.807, 2.05) is 0 Å². The standard InChI is InChI=1S/C14H10F3N3O/c1-8(14-19-18-12-4-2-3-5-20(12)14)21-13-10(16)6-9(15)7-11(13)17/h2-8H,1H3/t8-/m0/s1. The van der Waals surface area contributed by atoms with E-state index in [1.165, 1.54) is 0 Å². The smallest absolute Gasteiger partial charge is 0.191 e. The molecule has 0 N–H and O–H groups in total. The molecule has 0 saturated carbocycles. The van der Waals surface area contributed by atoms with Crippen LogP contribution in [0.4, 0.5) is 13.2 Å². The van der Waals surface area contributed by atoms with E-state index in [4.69, 9.17) is 4.74 Å². The van der Waals surface area contributed by atoms with E-state index in [-0.39, 0.29) is 0 Å². The summed E-state index contributed by atoms with van der Waals surface area (Å²) in [4.78, 5) is 0. The van der Waals surface area contributed by atoms with Gasteiger partial charge in [0.25, 0.3) is 0 Å². The van der Waals surface area contributed by atoms with Gasteiger partial charge in [0.05, 0.1) is 0 Å². The predicted octanol–water partition coefficient (Wildman–Crippen LogP) is 3.29. The summed E-state index contributed by atoms with van der Waals surface area (Å²) in [6.07, 6.45) is 0.943. The monoisotopic (exact) mass is 293 g/mol. The maximum Gasteiger partial charge on any atom is 0.191 e. The first-order chi connectivity index (χ1) is 10.1. The summed E-state index contributed by atoms with van der Waals surface area (Å²) in [6.45, 7) is 1.58. The first-order valence-corrected chi connectivity index (χ1v) is 6.17. The van der Waals surface area contributed by atoms with Crippen molar-refractivity contribution in [2.75, 3.05) is 0 Å². The number of halogens is 3. The number of hydrogen-bond donors (Lipinski definition) is 0. The summed E-state index contributed by atoms with van der Waals surface area (Å²) < 4.78 is 46.9. The van der Waals surface area contributed by atoms with Gasteiger partial charge in [0.15, 0.2) is 35.0 Å². The number of pyridine rings is 1. The van der Waals surface area contributed by atoms with Crippen molar-refractivity contribution in [3.05, 3.63) is 59.8 Å². The van der Waals surface area contributed by atoms with Gasteiger partial charge < -0.3 is 4.74 Å². The third-order valence-corrected chi connectivity index (χ3v) is 2.96. The number of fused-ring (bicyclic) bond motifs is 1. The molecule has 0 fully saturated rings.